The molecule has 0 aliphatic rings. The molecule has 0 atom stereocenters. The van der Waals surface area contributed by atoms with Crippen molar-refractivity contribution >= 4 is 27.5 Å². The van der Waals surface area contributed by atoms with Gasteiger partial charge in [0.15, 0.2) is 0 Å². The van der Waals surface area contributed by atoms with E-state index in [2.05, 4.69) is 22.5 Å². The van der Waals surface area contributed by atoms with Gasteiger partial charge >= 0.3 is 0 Å². The summed E-state index contributed by atoms with van der Waals surface area (Å²) >= 11 is 8.54. The van der Waals surface area contributed by atoms with Crippen molar-refractivity contribution in [1.29, 1.82) is 0 Å². The Bertz CT molecular complexity index is 327. The molecule has 0 saturated carbocycles. The van der Waals surface area contributed by atoms with Crippen LogP contribution in [-0.2, 0) is 0 Å². The monoisotopic (exact) mass is 264 g/mol. The molecular formula is C9H7BrClFO. The summed E-state index contributed by atoms with van der Waals surface area (Å²) in [4.78, 5) is 0. The van der Waals surface area contributed by atoms with Crippen molar-refractivity contribution in [3.05, 3.63) is 40.1 Å². The summed E-state index contributed by atoms with van der Waals surface area (Å²) in [5, 5.41) is 0.403. The molecule has 1 rings (SSSR count). The zero-order valence-electron chi connectivity index (χ0n) is 6.69. The molecule has 0 aliphatic carbocycles. The van der Waals surface area contributed by atoms with E-state index in [0.717, 1.165) is 0 Å². The summed E-state index contributed by atoms with van der Waals surface area (Å²) in [7, 11) is 0. The fourth-order valence-electron chi connectivity index (χ4n) is 0.728. The van der Waals surface area contributed by atoms with Gasteiger partial charge in [-0.25, -0.2) is 4.39 Å². The first-order chi connectivity index (χ1) is 6.09. The second-order valence-corrected chi connectivity index (χ2v) is 3.77. The van der Waals surface area contributed by atoms with E-state index in [9.17, 15) is 4.39 Å². The average molecular weight is 266 g/mol. The van der Waals surface area contributed by atoms with Crippen molar-refractivity contribution in [3.8, 4) is 5.75 Å². The van der Waals surface area contributed by atoms with Gasteiger partial charge in [0.05, 0.1) is 4.47 Å². The highest BCUT2D eigenvalue weighted by molar-refractivity contribution is 9.10. The average Bonchev–Trinajstić information content (AvgIpc) is 2.07. The van der Waals surface area contributed by atoms with Gasteiger partial charge in [-0.3, -0.25) is 0 Å². The maximum Gasteiger partial charge on any atom is 0.137 e. The van der Waals surface area contributed by atoms with Crippen LogP contribution >= 0.6 is 27.5 Å². The summed E-state index contributed by atoms with van der Waals surface area (Å²) in [6, 6.07) is 4.38. The van der Waals surface area contributed by atoms with Gasteiger partial charge in [-0.05, 0) is 34.1 Å². The number of benzene rings is 1. The van der Waals surface area contributed by atoms with E-state index in [1.807, 2.05) is 0 Å². The standard InChI is InChI=1S/C9H7BrClFO/c1-6(11)5-13-7-2-3-9(12)8(10)4-7/h2-4H,1,5H2. The Morgan fingerprint density at radius 1 is 1.62 bits per heavy atom. The molecule has 0 unspecified atom stereocenters. The number of rotatable bonds is 3. The summed E-state index contributed by atoms with van der Waals surface area (Å²) in [6.45, 7) is 3.69. The van der Waals surface area contributed by atoms with Crippen LogP contribution in [0.25, 0.3) is 0 Å². The van der Waals surface area contributed by atoms with E-state index >= 15 is 0 Å². The SMILES string of the molecule is C=C(Cl)COc1ccc(F)c(Br)c1. The molecule has 70 valence electrons. The molecule has 13 heavy (non-hydrogen) atoms. The highest BCUT2D eigenvalue weighted by Gasteiger charge is 2.00. The normalized spacial score (nSPS) is 9.77. The largest absolute Gasteiger partial charge is 0.488 e. The van der Waals surface area contributed by atoms with Gasteiger partial charge in [-0.1, -0.05) is 18.2 Å². The van der Waals surface area contributed by atoms with Crippen LogP contribution in [0, 0.1) is 5.82 Å². The van der Waals surface area contributed by atoms with E-state index in [4.69, 9.17) is 16.3 Å². The second-order valence-electron chi connectivity index (χ2n) is 2.38. The molecule has 0 radical (unpaired) electrons. The second kappa shape index (κ2) is 4.63. The minimum absolute atomic E-state index is 0.222. The van der Waals surface area contributed by atoms with Crippen molar-refractivity contribution in [1.82, 2.24) is 0 Å². The lowest BCUT2D eigenvalue weighted by molar-refractivity contribution is 0.358. The van der Waals surface area contributed by atoms with Gasteiger partial charge in [-0.15, -0.1) is 0 Å². The van der Waals surface area contributed by atoms with Crippen LogP contribution in [-0.4, -0.2) is 6.61 Å². The Kier molecular flexibility index (Phi) is 3.75. The Hall–Kier alpha value is -0.540. The Morgan fingerprint density at radius 3 is 2.85 bits per heavy atom. The van der Waals surface area contributed by atoms with E-state index in [-0.39, 0.29) is 12.4 Å². The molecule has 0 N–H and O–H groups in total. The van der Waals surface area contributed by atoms with Gasteiger partial charge < -0.3 is 4.74 Å². The van der Waals surface area contributed by atoms with Crippen molar-refractivity contribution in [3.63, 3.8) is 0 Å². The maximum absolute atomic E-state index is 12.8. The van der Waals surface area contributed by atoms with Crippen LogP contribution in [0.2, 0.25) is 0 Å². The highest BCUT2D eigenvalue weighted by atomic mass is 79.9. The van der Waals surface area contributed by atoms with Crippen LogP contribution in [0.1, 0.15) is 0 Å². The van der Waals surface area contributed by atoms with Crippen molar-refractivity contribution in [2.24, 2.45) is 0 Å². The minimum atomic E-state index is -0.322. The molecule has 1 aromatic rings. The van der Waals surface area contributed by atoms with Crippen LogP contribution < -0.4 is 4.74 Å². The van der Waals surface area contributed by atoms with Gasteiger partial charge in [0.1, 0.15) is 18.2 Å². The Labute approximate surface area is 89.3 Å². The molecule has 0 aliphatic heterocycles. The topological polar surface area (TPSA) is 9.23 Å². The zero-order valence-corrected chi connectivity index (χ0v) is 9.03. The van der Waals surface area contributed by atoms with Crippen molar-refractivity contribution in [2.45, 2.75) is 0 Å². The number of halogens is 3. The highest BCUT2D eigenvalue weighted by Crippen LogP contribution is 2.21. The first kappa shape index (κ1) is 10.5. The third-order valence-electron chi connectivity index (χ3n) is 1.29. The summed E-state index contributed by atoms with van der Waals surface area (Å²) in [5.41, 5.74) is 0. The summed E-state index contributed by atoms with van der Waals surface area (Å²) in [6.07, 6.45) is 0. The fraction of sp³-hybridized carbons (Fsp3) is 0.111. The first-order valence-corrected chi connectivity index (χ1v) is 4.68. The van der Waals surface area contributed by atoms with Gasteiger partial charge in [-0.2, -0.15) is 0 Å². The van der Waals surface area contributed by atoms with E-state index in [1.54, 1.807) is 0 Å². The molecule has 0 amide bonds. The molecule has 0 fully saturated rings. The molecule has 0 heterocycles. The predicted molar refractivity (Wildman–Crippen MR) is 54.6 cm³/mol. The third-order valence-corrected chi connectivity index (χ3v) is 2.00. The lowest BCUT2D eigenvalue weighted by atomic mass is 10.3. The van der Waals surface area contributed by atoms with E-state index in [1.165, 1.54) is 18.2 Å². The number of hydrogen-bond acceptors (Lipinski definition) is 1. The van der Waals surface area contributed by atoms with Crippen molar-refractivity contribution in [2.75, 3.05) is 6.61 Å². The molecule has 0 bridgehead atoms. The van der Waals surface area contributed by atoms with Gasteiger partial charge in [0.25, 0.3) is 0 Å². The van der Waals surface area contributed by atoms with Crippen molar-refractivity contribution < 1.29 is 9.13 Å². The molecule has 1 aromatic carbocycles. The molecule has 1 nitrogen and oxygen atoms in total. The van der Waals surface area contributed by atoms with Crippen LogP contribution in [0.3, 0.4) is 0 Å². The maximum atomic E-state index is 12.8. The third kappa shape index (κ3) is 3.36. The van der Waals surface area contributed by atoms with Crippen LogP contribution in [0.5, 0.6) is 5.75 Å². The molecular weight excluding hydrogens is 258 g/mol. The predicted octanol–water partition coefficient (Wildman–Crippen LogP) is 3.72. The Balaban J connectivity index is 2.68. The molecule has 0 spiro atoms. The summed E-state index contributed by atoms with van der Waals surface area (Å²) < 4.78 is 18.3. The lowest BCUT2D eigenvalue weighted by Crippen LogP contribution is -1.96. The molecule has 4 heteroatoms. The smallest absolute Gasteiger partial charge is 0.137 e. The van der Waals surface area contributed by atoms with E-state index < -0.39 is 0 Å². The van der Waals surface area contributed by atoms with Crippen LogP contribution in [0.4, 0.5) is 4.39 Å². The van der Waals surface area contributed by atoms with E-state index in [0.29, 0.717) is 15.3 Å². The molecule has 0 aromatic heterocycles. The fourth-order valence-corrected chi connectivity index (χ4v) is 1.14. The first-order valence-electron chi connectivity index (χ1n) is 3.50. The van der Waals surface area contributed by atoms with Gasteiger partial charge in [0.2, 0.25) is 0 Å². The minimum Gasteiger partial charge on any atom is -0.488 e. The lowest BCUT2D eigenvalue weighted by Gasteiger charge is -2.04. The number of ether oxygens (including phenoxy) is 1. The molecule has 0 saturated heterocycles. The Morgan fingerprint density at radius 2 is 2.31 bits per heavy atom. The zero-order chi connectivity index (χ0) is 9.84. The number of hydrogen-bond donors (Lipinski definition) is 0. The van der Waals surface area contributed by atoms with Crippen LogP contribution in [0.15, 0.2) is 34.3 Å². The summed E-state index contributed by atoms with van der Waals surface area (Å²) in [5.74, 6) is 0.229. The van der Waals surface area contributed by atoms with Gasteiger partial charge in [0, 0.05) is 5.03 Å². The quantitative estimate of drug-likeness (QED) is 0.809.